The third-order valence-electron chi connectivity index (χ3n) is 2.32. The molecule has 6 heteroatoms. The highest BCUT2D eigenvalue weighted by molar-refractivity contribution is 5.83. The summed E-state index contributed by atoms with van der Waals surface area (Å²) in [6.45, 7) is 1.55. The van der Waals surface area contributed by atoms with E-state index in [9.17, 15) is 9.59 Å². The number of carbonyl (C=O) groups excluding carboxylic acids is 2. The molecule has 18 heavy (non-hydrogen) atoms. The van der Waals surface area contributed by atoms with Crippen LogP contribution in [-0.2, 0) is 14.3 Å². The van der Waals surface area contributed by atoms with Crippen LogP contribution < -0.4 is 16.4 Å². The van der Waals surface area contributed by atoms with E-state index in [1.54, 1.807) is 12.1 Å². The first-order chi connectivity index (χ1) is 8.54. The number of carbonyl (C=O) groups is 2. The standard InChI is InChI=1S/C12H17N3O3/c1-8(16)15-11(12(17)18-2)7-14-10-6-4-3-5-9(10)13/h3-6,11,14H,7,13H2,1-2H3,(H,15,16). The molecule has 0 saturated carbocycles. The first kappa shape index (κ1) is 13.8. The molecule has 0 aliphatic heterocycles. The summed E-state index contributed by atoms with van der Waals surface area (Å²) in [5.41, 5.74) is 7.03. The lowest BCUT2D eigenvalue weighted by molar-refractivity contribution is -0.144. The van der Waals surface area contributed by atoms with Gasteiger partial charge < -0.3 is 21.1 Å². The van der Waals surface area contributed by atoms with Crippen LogP contribution in [0.25, 0.3) is 0 Å². The topological polar surface area (TPSA) is 93.4 Å². The van der Waals surface area contributed by atoms with Crippen molar-refractivity contribution in [2.75, 3.05) is 24.7 Å². The molecule has 1 aromatic rings. The van der Waals surface area contributed by atoms with Crippen molar-refractivity contribution in [2.24, 2.45) is 0 Å². The summed E-state index contributed by atoms with van der Waals surface area (Å²) in [4.78, 5) is 22.4. The third-order valence-corrected chi connectivity index (χ3v) is 2.32. The SMILES string of the molecule is COC(=O)C(CNc1ccccc1N)NC(C)=O. The Labute approximate surface area is 105 Å². The fraction of sp³-hybridized carbons (Fsp3) is 0.333. The second-order valence-electron chi connectivity index (χ2n) is 3.74. The minimum atomic E-state index is -0.743. The molecule has 6 nitrogen and oxygen atoms in total. The van der Waals surface area contributed by atoms with Crippen molar-refractivity contribution in [3.05, 3.63) is 24.3 Å². The molecule has 0 fully saturated rings. The lowest BCUT2D eigenvalue weighted by atomic mass is 10.2. The Morgan fingerprint density at radius 3 is 2.61 bits per heavy atom. The summed E-state index contributed by atoms with van der Waals surface area (Å²) in [6.07, 6.45) is 0. The van der Waals surface area contributed by atoms with Crippen LogP contribution in [-0.4, -0.2) is 31.6 Å². The second kappa shape index (κ2) is 6.48. The number of nitrogens with two attached hydrogens (primary N) is 1. The zero-order valence-corrected chi connectivity index (χ0v) is 10.4. The Morgan fingerprint density at radius 1 is 1.39 bits per heavy atom. The number of nitrogens with one attached hydrogen (secondary N) is 2. The Morgan fingerprint density at radius 2 is 2.06 bits per heavy atom. The first-order valence-electron chi connectivity index (χ1n) is 5.48. The fourth-order valence-corrected chi connectivity index (χ4v) is 1.45. The summed E-state index contributed by atoms with van der Waals surface area (Å²) >= 11 is 0. The van der Waals surface area contributed by atoms with Gasteiger partial charge in [0, 0.05) is 13.5 Å². The zero-order valence-electron chi connectivity index (χ0n) is 10.4. The van der Waals surface area contributed by atoms with Crippen molar-refractivity contribution in [3.8, 4) is 0 Å². The van der Waals surface area contributed by atoms with E-state index in [-0.39, 0.29) is 12.5 Å². The molecule has 0 radical (unpaired) electrons. The maximum Gasteiger partial charge on any atom is 0.330 e. The van der Waals surface area contributed by atoms with E-state index < -0.39 is 12.0 Å². The van der Waals surface area contributed by atoms with Crippen molar-refractivity contribution >= 4 is 23.3 Å². The van der Waals surface area contributed by atoms with Crippen LogP contribution in [0.5, 0.6) is 0 Å². The minimum absolute atomic E-state index is 0.209. The number of esters is 1. The van der Waals surface area contributed by atoms with Gasteiger partial charge in [-0.15, -0.1) is 0 Å². The quantitative estimate of drug-likeness (QED) is 0.519. The predicted molar refractivity (Wildman–Crippen MR) is 69.0 cm³/mol. The van der Waals surface area contributed by atoms with Crippen LogP contribution in [0.4, 0.5) is 11.4 Å². The van der Waals surface area contributed by atoms with Gasteiger partial charge in [0.1, 0.15) is 6.04 Å². The van der Waals surface area contributed by atoms with Gasteiger partial charge in [0.2, 0.25) is 5.91 Å². The van der Waals surface area contributed by atoms with Gasteiger partial charge >= 0.3 is 5.97 Å². The molecule has 0 heterocycles. The fourth-order valence-electron chi connectivity index (χ4n) is 1.45. The lowest BCUT2D eigenvalue weighted by Crippen LogP contribution is -2.45. The Bertz CT molecular complexity index is 434. The number of para-hydroxylation sites is 2. The second-order valence-corrected chi connectivity index (χ2v) is 3.74. The van der Waals surface area contributed by atoms with Crippen molar-refractivity contribution in [2.45, 2.75) is 13.0 Å². The molecule has 0 saturated heterocycles. The molecule has 0 aromatic heterocycles. The van der Waals surface area contributed by atoms with Crippen LogP contribution >= 0.6 is 0 Å². The van der Waals surface area contributed by atoms with Crippen molar-refractivity contribution < 1.29 is 14.3 Å². The highest BCUT2D eigenvalue weighted by atomic mass is 16.5. The van der Waals surface area contributed by atoms with Gasteiger partial charge in [0.15, 0.2) is 0 Å². The van der Waals surface area contributed by atoms with Crippen LogP contribution in [0, 0.1) is 0 Å². The predicted octanol–water partition coefficient (Wildman–Crippen LogP) is 0.358. The maximum absolute atomic E-state index is 11.4. The summed E-state index contributed by atoms with van der Waals surface area (Å²) in [6, 6.07) is 6.42. The van der Waals surface area contributed by atoms with E-state index >= 15 is 0 Å². The molecule has 0 aliphatic rings. The van der Waals surface area contributed by atoms with E-state index in [1.807, 2.05) is 12.1 Å². The summed E-state index contributed by atoms with van der Waals surface area (Å²) in [5, 5.41) is 5.50. The number of ether oxygens (including phenoxy) is 1. The van der Waals surface area contributed by atoms with Gasteiger partial charge in [0.05, 0.1) is 18.5 Å². The molecule has 1 unspecified atom stereocenters. The lowest BCUT2D eigenvalue weighted by Gasteiger charge is -2.17. The summed E-state index contributed by atoms with van der Waals surface area (Å²) < 4.78 is 4.61. The highest BCUT2D eigenvalue weighted by Gasteiger charge is 2.19. The first-order valence-corrected chi connectivity index (χ1v) is 5.48. The van der Waals surface area contributed by atoms with Gasteiger partial charge in [-0.3, -0.25) is 4.79 Å². The normalized spacial score (nSPS) is 11.4. The monoisotopic (exact) mass is 251 g/mol. The molecule has 0 spiro atoms. The van der Waals surface area contributed by atoms with Gasteiger partial charge in [-0.05, 0) is 12.1 Å². The van der Waals surface area contributed by atoms with Gasteiger partial charge in [-0.25, -0.2) is 4.79 Å². The average molecular weight is 251 g/mol. The molecule has 4 N–H and O–H groups in total. The summed E-state index contributed by atoms with van der Waals surface area (Å²) in [7, 11) is 1.27. The van der Waals surface area contributed by atoms with Crippen molar-refractivity contribution in [1.82, 2.24) is 5.32 Å². The van der Waals surface area contributed by atoms with Gasteiger partial charge in [0.25, 0.3) is 0 Å². The van der Waals surface area contributed by atoms with E-state index in [2.05, 4.69) is 15.4 Å². The number of anilines is 2. The molecular formula is C12H17N3O3. The molecular weight excluding hydrogens is 234 g/mol. The molecule has 98 valence electrons. The molecule has 1 amide bonds. The van der Waals surface area contributed by atoms with E-state index in [4.69, 9.17) is 5.73 Å². The number of rotatable bonds is 5. The van der Waals surface area contributed by atoms with Crippen LogP contribution in [0.1, 0.15) is 6.92 Å². The molecule has 0 aliphatic carbocycles. The van der Waals surface area contributed by atoms with Gasteiger partial charge in [-0.1, -0.05) is 12.1 Å². The van der Waals surface area contributed by atoms with Crippen molar-refractivity contribution in [3.63, 3.8) is 0 Å². The van der Waals surface area contributed by atoms with Crippen LogP contribution in [0.15, 0.2) is 24.3 Å². The van der Waals surface area contributed by atoms with E-state index in [1.165, 1.54) is 14.0 Å². The summed E-state index contributed by atoms with van der Waals surface area (Å²) in [5.74, 6) is -0.805. The molecule has 1 atom stereocenters. The number of methoxy groups -OCH3 is 1. The number of hydrogen-bond donors (Lipinski definition) is 3. The number of nitrogen functional groups attached to an aromatic ring is 1. The number of benzene rings is 1. The van der Waals surface area contributed by atoms with E-state index in [0.717, 1.165) is 0 Å². The molecule has 0 bridgehead atoms. The van der Waals surface area contributed by atoms with Crippen LogP contribution in [0.2, 0.25) is 0 Å². The number of hydrogen-bond acceptors (Lipinski definition) is 5. The average Bonchev–Trinajstić information content (AvgIpc) is 2.34. The Balaban J connectivity index is 2.64. The van der Waals surface area contributed by atoms with Crippen LogP contribution in [0.3, 0.4) is 0 Å². The highest BCUT2D eigenvalue weighted by Crippen LogP contribution is 2.16. The van der Waals surface area contributed by atoms with Gasteiger partial charge in [-0.2, -0.15) is 0 Å². The smallest absolute Gasteiger partial charge is 0.330 e. The van der Waals surface area contributed by atoms with Crippen molar-refractivity contribution in [1.29, 1.82) is 0 Å². The Kier molecular flexibility index (Phi) is 4.98. The molecule has 1 rings (SSSR count). The minimum Gasteiger partial charge on any atom is -0.467 e. The number of amides is 1. The zero-order chi connectivity index (χ0) is 13.5. The third kappa shape index (κ3) is 3.97. The maximum atomic E-state index is 11.4. The molecule has 1 aromatic carbocycles. The largest absolute Gasteiger partial charge is 0.467 e. The van der Waals surface area contributed by atoms with E-state index in [0.29, 0.717) is 11.4 Å². The Hall–Kier alpha value is -2.24.